The lowest BCUT2D eigenvalue weighted by Gasteiger charge is -2.39. The van der Waals surface area contributed by atoms with Crippen molar-refractivity contribution in [2.75, 3.05) is 31.6 Å². The predicted octanol–water partition coefficient (Wildman–Crippen LogP) is 2.73. The van der Waals surface area contributed by atoms with Crippen molar-refractivity contribution in [1.29, 1.82) is 0 Å². The molecule has 1 aromatic heterocycles. The number of hydrogen-bond donors (Lipinski definition) is 0. The smallest absolute Gasteiger partial charge is 0.242 e. The van der Waals surface area contributed by atoms with E-state index in [2.05, 4.69) is 48.1 Å². The number of benzene rings is 1. The third-order valence-electron chi connectivity index (χ3n) is 6.35. The molecule has 28 heavy (non-hydrogen) atoms. The van der Waals surface area contributed by atoms with Crippen LogP contribution >= 0.6 is 0 Å². The van der Waals surface area contributed by atoms with Gasteiger partial charge in [0.2, 0.25) is 5.91 Å². The van der Waals surface area contributed by atoms with Crippen molar-refractivity contribution in [2.45, 2.75) is 50.8 Å². The Balaban J connectivity index is 1.32. The van der Waals surface area contributed by atoms with Crippen molar-refractivity contribution in [3.05, 3.63) is 48.5 Å². The molecule has 2 fully saturated rings. The van der Waals surface area contributed by atoms with Gasteiger partial charge in [-0.2, -0.15) is 0 Å². The van der Waals surface area contributed by atoms with E-state index in [1.807, 2.05) is 21.7 Å². The average molecular weight is 383 g/mol. The molecular formula is C22H30N4O2. The van der Waals surface area contributed by atoms with Crippen molar-refractivity contribution >= 4 is 11.6 Å². The summed E-state index contributed by atoms with van der Waals surface area (Å²) in [5.74, 6) is 1.14. The van der Waals surface area contributed by atoms with Crippen LogP contribution in [0.2, 0.25) is 0 Å². The fourth-order valence-corrected chi connectivity index (χ4v) is 4.50. The molecule has 1 amide bonds. The summed E-state index contributed by atoms with van der Waals surface area (Å²) < 4.78 is 8.27. The number of anilines is 1. The van der Waals surface area contributed by atoms with Crippen LogP contribution in [-0.2, 0) is 22.5 Å². The Labute approximate surface area is 167 Å². The van der Waals surface area contributed by atoms with Gasteiger partial charge in [0.1, 0.15) is 12.4 Å². The van der Waals surface area contributed by atoms with Crippen molar-refractivity contribution in [3.8, 4) is 0 Å². The van der Waals surface area contributed by atoms with Crippen LogP contribution in [-0.4, -0.2) is 58.7 Å². The SMILES string of the molecule is CCc1nccn1CC(=O)N1CCC2(CC1)C[C@H](N(C)c1ccccc1)CO2. The number of imidazole rings is 1. The molecule has 2 aliphatic rings. The quantitative estimate of drug-likeness (QED) is 0.798. The number of carbonyl (C=O) groups is 1. The Morgan fingerprint density at radius 1 is 1.29 bits per heavy atom. The van der Waals surface area contributed by atoms with E-state index in [0.29, 0.717) is 12.6 Å². The molecule has 0 saturated carbocycles. The molecule has 3 heterocycles. The molecule has 1 aromatic carbocycles. The minimum absolute atomic E-state index is 0.0753. The highest BCUT2D eigenvalue weighted by Crippen LogP contribution is 2.38. The number of rotatable bonds is 5. The van der Waals surface area contributed by atoms with Gasteiger partial charge in [0, 0.05) is 44.6 Å². The number of amides is 1. The molecule has 0 N–H and O–H groups in total. The third kappa shape index (κ3) is 3.78. The summed E-state index contributed by atoms with van der Waals surface area (Å²) in [6.45, 7) is 4.76. The number of aryl methyl sites for hydroxylation is 1. The number of hydrogen-bond acceptors (Lipinski definition) is 4. The van der Waals surface area contributed by atoms with Gasteiger partial charge in [0.15, 0.2) is 0 Å². The highest BCUT2D eigenvalue weighted by atomic mass is 16.5. The molecule has 6 heteroatoms. The summed E-state index contributed by atoms with van der Waals surface area (Å²) in [5.41, 5.74) is 1.15. The van der Waals surface area contributed by atoms with Crippen LogP contribution in [0.5, 0.6) is 0 Å². The first-order valence-electron chi connectivity index (χ1n) is 10.3. The molecule has 0 aliphatic carbocycles. The highest BCUT2D eigenvalue weighted by Gasteiger charge is 2.44. The number of likely N-dealkylation sites (N-methyl/N-ethyl adjacent to an activating group) is 1. The zero-order valence-corrected chi connectivity index (χ0v) is 16.9. The Hall–Kier alpha value is -2.34. The largest absolute Gasteiger partial charge is 0.373 e. The van der Waals surface area contributed by atoms with Gasteiger partial charge in [-0.25, -0.2) is 4.98 Å². The molecule has 2 saturated heterocycles. The molecule has 4 rings (SSSR count). The lowest BCUT2D eigenvalue weighted by molar-refractivity contribution is -0.136. The Morgan fingerprint density at radius 2 is 2.04 bits per heavy atom. The minimum Gasteiger partial charge on any atom is -0.373 e. The lowest BCUT2D eigenvalue weighted by Crippen LogP contribution is -2.47. The second kappa shape index (κ2) is 7.95. The van der Waals surface area contributed by atoms with E-state index in [4.69, 9.17) is 4.74 Å². The minimum atomic E-state index is -0.0753. The number of nitrogens with zero attached hydrogens (tertiary/aromatic N) is 4. The van der Waals surface area contributed by atoms with Gasteiger partial charge in [-0.15, -0.1) is 0 Å². The highest BCUT2D eigenvalue weighted by molar-refractivity contribution is 5.76. The van der Waals surface area contributed by atoms with Gasteiger partial charge in [0.05, 0.1) is 18.2 Å². The van der Waals surface area contributed by atoms with E-state index in [-0.39, 0.29) is 11.5 Å². The maximum atomic E-state index is 12.7. The number of carbonyl (C=O) groups excluding carboxylic acids is 1. The van der Waals surface area contributed by atoms with E-state index in [9.17, 15) is 4.79 Å². The van der Waals surface area contributed by atoms with Crippen molar-refractivity contribution in [2.24, 2.45) is 0 Å². The van der Waals surface area contributed by atoms with Crippen LogP contribution in [0.25, 0.3) is 0 Å². The molecule has 1 spiro atoms. The maximum Gasteiger partial charge on any atom is 0.242 e. The van der Waals surface area contributed by atoms with Gasteiger partial charge in [-0.05, 0) is 31.4 Å². The first-order chi connectivity index (χ1) is 13.6. The molecule has 2 aliphatic heterocycles. The van der Waals surface area contributed by atoms with Crippen LogP contribution in [0.15, 0.2) is 42.7 Å². The molecule has 150 valence electrons. The fraction of sp³-hybridized carbons (Fsp3) is 0.545. The first kappa shape index (κ1) is 19.0. The summed E-state index contributed by atoms with van der Waals surface area (Å²) >= 11 is 0. The summed E-state index contributed by atoms with van der Waals surface area (Å²) in [7, 11) is 2.15. The number of ether oxygens (including phenoxy) is 1. The molecule has 0 unspecified atom stereocenters. The van der Waals surface area contributed by atoms with Crippen molar-refractivity contribution in [1.82, 2.24) is 14.5 Å². The number of aromatic nitrogens is 2. The van der Waals surface area contributed by atoms with Crippen molar-refractivity contribution in [3.63, 3.8) is 0 Å². The topological polar surface area (TPSA) is 50.6 Å². The second-order valence-electron chi connectivity index (χ2n) is 8.00. The van der Waals surface area contributed by atoms with Gasteiger partial charge in [-0.1, -0.05) is 25.1 Å². The van der Waals surface area contributed by atoms with E-state index in [1.54, 1.807) is 6.20 Å². The normalized spacial score (nSPS) is 21.2. The zero-order chi connectivity index (χ0) is 19.6. The number of para-hydroxylation sites is 1. The fourth-order valence-electron chi connectivity index (χ4n) is 4.50. The van der Waals surface area contributed by atoms with Gasteiger partial charge < -0.3 is 19.1 Å². The Morgan fingerprint density at radius 3 is 2.75 bits per heavy atom. The molecule has 6 nitrogen and oxygen atoms in total. The zero-order valence-electron chi connectivity index (χ0n) is 16.9. The Kier molecular flexibility index (Phi) is 5.40. The van der Waals surface area contributed by atoms with E-state index in [1.165, 1.54) is 5.69 Å². The van der Waals surface area contributed by atoms with Gasteiger partial charge in [-0.3, -0.25) is 4.79 Å². The summed E-state index contributed by atoms with van der Waals surface area (Å²) in [4.78, 5) is 21.4. The average Bonchev–Trinajstić information content (AvgIpc) is 3.35. The first-order valence-corrected chi connectivity index (χ1v) is 10.3. The van der Waals surface area contributed by atoms with Gasteiger partial charge in [0.25, 0.3) is 0 Å². The summed E-state index contributed by atoms with van der Waals surface area (Å²) in [6, 6.07) is 10.9. The standard InChI is InChI=1S/C22H30N4O2/c1-3-20-23-11-14-26(20)16-21(27)25-12-9-22(10-13-25)15-19(17-28-22)24(2)18-7-5-4-6-8-18/h4-8,11,14,19H,3,9-10,12-13,15-17H2,1-2H3/t19-/m0/s1. The van der Waals surface area contributed by atoms with Crippen LogP contribution in [0.4, 0.5) is 5.69 Å². The summed E-state index contributed by atoms with van der Waals surface area (Å²) in [6.07, 6.45) is 7.37. The molecule has 2 aromatic rings. The lowest BCUT2D eigenvalue weighted by atomic mass is 9.87. The number of likely N-dealkylation sites (tertiary alicyclic amines) is 1. The monoisotopic (exact) mass is 382 g/mol. The summed E-state index contributed by atoms with van der Waals surface area (Å²) in [5, 5.41) is 0. The maximum absolute atomic E-state index is 12.7. The van der Waals surface area contributed by atoms with Gasteiger partial charge >= 0.3 is 0 Å². The molecule has 0 radical (unpaired) electrons. The van der Waals surface area contributed by atoms with E-state index in [0.717, 1.165) is 51.2 Å². The second-order valence-corrected chi connectivity index (χ2v) is 8.00. The third-order valence-corrected chi connectivity index (χ3v) is 6.35. The van der Waals surface area contributed by atoms with E-state index < -0.39 is 0 Å². The van der Waals surface area contributed by atoms with E-state index >= 15 is 0 Å². The molecule has 0 bridgehead atoms. The molecular weight excluding hydrogens is 352 g/mol. The van der Waals surface area contributed by atoms with Crippen molar-refractivity contribution < 1.29 is 9.53 Å². The number of piperidine rings is 1. The molecule has 1 atom stereocenters. The van der Waals surface area contributed by atoms with Crippen LogP contribution in [0.1, 0.15) is 32.0 Å². The van der Waals surface area contributed by atoms with Crippen LogP contribution < -0.4 is 4.90 Å². The van der Waals surface area contributed by atoms with Crippen LogP contribution in [0, 0.1) is 0 Å². The Bertz CT molecular complexity index is 796. The predicted molar refractivity (Wildman–Crippen MR) is 109 cm³/mol. The van der Waals surface area contributed by atoms with Crippen LogP contribution in [0.3, 0.4) is 0 Å².